The summed E-state index contributed by atoms with van der Waals surface area (Å²) in [5, 5.41) is 23.4. The molecular formula is C28H31N3O3. The van der Waals surface area contributed by atoms with Gasteiger partial charge in [-0.1, -0.05) is 42.7 Å². The summed E-state index contributed by atoms with van der Waals surface area (Å²) < 4.78 is 5.41. The van der Waals surface area contributed by atoms with Crippen molar-refractivity contribution in [2.45, 2.75) is 26.0 Å². The van der Waals surface area contributed by atoms with Crippen LogP contribution in [0.15, 0.2) is 77.3 Å². The lowest BCUT2D eigenvalue weighted by molar-refractivity contribution is 0.0342. The molecule has 2 heterocycles. The smallest absolute Gasteiger partial charge is 0.160 e. The van der Waals surface area contributed by atoms with Crippen molar-refractivity contribution in [1.29, 1.82) is 0 Å². The molecule has 0 bridgehead atoms. The molecule has 6 heteroatoms. The molecule has 2 aromatic rings. The average Bonchev–Trinajstić information content (AvgIpc) is 2.85. The summed E-state index contributed by atoms with van der Waals surface area (Å²) in [5.74, 6) is 6.10. The van der Waals surface area contributed by atoms with Crippen LogP contribution in [0.25, 0.3) is 0 Å². The number of ether oxygens (including phenoxy) is 1. The number of benzene rings is 2. The molecule has 0 aromatic heterocycles. The highest BCUT2D eigenvalue weighted by atomic mass is 16.5. The third-order valence-corrected chi connectivity index (χ3v) is 6.13. The molecule has 4 rings (SSSR count). The Morgan fingerprint density at radius 1 is 1.03 bits per heavy atom. The number of aliphatic hydroxyl groups is 2. The maximum absolute atomic E-state index is 10.3. The number of hydrogen-bond donors (Lipinski definition) is 3. The number of aliphatic imine (C=N–C) groups is 1. The van der Waals surface area contributed by atoms with Crippen LogP contribution in [0.4, 0.5) is 0 Å². The Morgan fingerprint density at radius 3 is 2.21 bits per heavy atom. The van der Waals surface area contributed by atoms with Crippen LogP contribution in [-0.2, 0) is 17.7 Å². The van der Waals surface area contributed by atoms with Gasteiger partial charge < -0.3 is 20.3 Å². The summed E-state index contributed by atoms with van der Waals surface area (Å²) in [5.41, 5.74) is 5.05. The summed E-state index contributed by atoms with van der Waals surface area (Å²) >= 11 is 0. The van der Waals surface area contributed by atoms with Crippen LogP contribution in [-0.4, -0.2) is 53.9 Å². The first-order chi connectivity index (χ1) is 16.5. The van der Waals surface area contributed by atoms with Crippen LogP contribution in [0.2, 0.25) is 0 Å². The van der Waals surface area contributed by atoms with E-state index >= 15 is 0 Å². The van der Waals surface area contributed by atoms with Crippen molar-refractivity contribution in [3.05, 3.63) is 94.5 Å². The maximum Gasteiger partial charge on any atom is 0.160 e. The highest BCUT2D eigenvalue weighted by Gasteiger charge is 2.26. The van der Waals surface area contributed by atoms with Crippen molar-refractivity contribution in [2.75, 3.05) is 26.3 Å². The van der Waals surface area contributed by atoms with Gasteiger partial charge in [-0.3, -0.25) is 4.90 Å². The first-order valence-corrected chi connectivity index (χ1v) is 11.6. The number of rotatable bonds is 6. The Bertz CT molecular complexity index is 1120. The first kappa shape index (κ1) is 23.8. The second-order valence-corrected chi connectivity index (χ2v) is 8.70. The minimum Gasteiger partial charge on any atom is -0.504 e. The lowest BCUT2D eigenvalue weighted by Gasteiger charge is -2.26. The lowest BCUT2D eigenvalue weighted by atomic mass is 9.90. The summed E-state index contributed by atoms with van der Waals surface area (Å²) in [6, 6.07) is 16.4. The van der Waals surface area contributed by atoms with E-state index in [9.17, 15) is 10.2 Å². The van der Waals surface area contributed by atoms with E-state index in [0.717, 1.165) is 49.5 Å². The maximum atomic E-state index is 10.3. The van der Waals surface area contributed by atoms with Crippen molar-refractivity contribution in [3.63, 3.8) is 0 Å². The highest BCUT2D eigenvalue weighted by Crippen LogP contribution is 2.27. The number of aliphatic hydroxyl groups excluding tert-OH is 2. The van der Waals surface area contributed by atoms with Gasteiger partial charge in [-0.2, -0.15) is 0 Å². The molecule has 0 saturated carbocycles. The molecule has 0 amide bonds. The topological polar surface area (TPSA) is 77.3 Å². The molecule has 6 nitrogen and oxygen atoms in total. The molecule has 2 atom stereocenters. The van der Waals surface area contributed by atoms with Crippen LogP contribution in [0.3, 0.4) is 0 Å². The largest absolute Gasteiger partial charge is 0.504 e. The van der Waals surface area contributed by atoms with Gasteiger partial charge in [0.2, 0.25) is 0 Å². The van der Waals surface area contributed by atoms with Crippen molar-refractivity contribution < 1.29 is 14.9 Å². The molecule has 0 aliphatic carbocycles. The quantitative estimate of drug-likeness (QED) is 0.580. The van der Waals surface area contributed by atoms with Gasteiger partial charge in [0.05, 0.1) is 37.1 Å². The fourth-order valence-electron chi connectivity index (χ4n) is 4.06. The van der Waals surface area contributed by atoms with E-state index in [1.807, 2.05) is 24.3 Å². The van der Waals surface area contributed by atoms with E-state index in [0.29, 0.717) is 17.8 Å². The molecule has 2 aromatic carbocycles. The van der Waals surface area contributed by atoms with Crippen molar-refractivity contribution in [1.82, 2.24) is 10.2 Å². The molecule has 2 aliphatic heterocycles. The normalized spacial score (nSPS) is 18.1. The van der Waals surface area contributed by atoms with Crippen molar-refractivity contribution in [3.8, 4) is 11.8 Å². The van der Waals surface area contributed by atoms with Crippen LogP contribution in [0.1, 0.15) is 29.2 Å². The predicted octanol–water partition coefficient (Wildman–Crippen LogP) is 3.37. The molecule has 3 N–H and O–H groups in total. The van der Waals surface area contributed by atoms with Gasteiger partial charge in [0.15, 0.2) is 5.76 Å². The standard InChI is InChI=1S/C28H31N3O3/c1-20-28(33)27(30-19-29-20)26(21(2)32)17-24-9-5-22(6-10-24)3-4-23-7-11-25(12-8-23)18-31-13-15-34-16-14-31/h5-12,19,21,26,32-33H,1,13-18H2,2H3,(H,29,30). The van der Waals surface area contributed by atoms with Gasteiger partial charge in [0.1, 0.15) is 0 Å². The summed E-state index contributed by atoms with van der Waals surface area (Å²) in [4.78, 5) is 6.64. The Labute approximate surface area is 201 Å². The number of hydrogen-bond acceptors (Lipinski definition) is 6. The number of nitrogens with zero attached hydrogens (tertiary/aromatic N) is 2. The molecule has 1 saturated heterocycles. The second-order valence-electron chi connectivity index (χ2n) is 8.70. The molecule has 2 unspecified atom stereocenters. The second kappa shape index (κ2) is 11.2. The van der Waals surface area contributed by atoms with Crippen molar-refractivity contribution >= 4 is 6.34 Å². The predicted molar refractivity (Wildman–Crippen MR) is 134 cm³/mol. The van der Waals surface area contributed by atoms with Crippen LogP contribution in [0, 0.1) is 17.8 Å². The SMILES string of the molecule is C=C1NC=NC(C(Cc2ccc(C#Cc3ccc(CN4CCOCC4)cc3)cc2)C(C)O)=C1O. The zero-order valence-electron chi connectivity index (χ0n) is 19.5. The van der Waals surface area contributed by atoms with E-state index in [1.54, 1.807) is 6.92 Å². The fourth-order valence-corrected chi connectivity index (χ4v) is 4.06. The lowest BCUT2D eigenvalue weighted by Crippen LogP contribution is -2.35. The van der Waals surface area contributed by atoms with E-state index in [-0.39, 0.29) is 11.7 Å². The van der Waals surface area contributed by atoms with Crippen LogP contribution < -0.4 is 5.32 Å². The molecule has 2 aliphatic rings. The molecule has 1 fully saturated rings. The third kappa shape index (κ3) is 6.15. The van der Waals surface area contributed by atoms with Crippen LogP contribution in [0.5, 0.6) is 0 Å². The van der Waals surface area contributed by atoms with Crippen LogP contribution >= 0.6 is 0 Å². The highest BCUT2D eigenvalue weighted by molar-refractivity contribution is 5.64. The van der Waals surface area contributed by atoms with Gasteiger partial charge in [0.25, 0.3) is 0 Å². The number of nitrogens with one attached hydrogen (secondary N) is 1. The van der Waals surface area contributed by atoms with Gasteiger partial charge in [-0.05, 0) is 48.7 Å². The zero-order chi connectivity index (χ0) is 23.9. The summed E-state index contributed by atoms with van der Waals surface area (Å²) in [7, 11) is 0. The molecule has 34 heavy (non-hydrogen) atoms. The van der Waals surface area contributed by atoms with Crippen molar-refractivity contribution in [2.24, 2.45) is 10.9 Å². The molecule has 176 valence electrons. The summed E-state index contributed by atoms with van der Waals surface area (Å²) in [6.45, 7) is 9.99. The average molecular weight is 458 g/mol. The minimum atomic E-state index is -0.675. The third-order valence-electron chi connectivity index (χ3n) is 6.13. The number of morpholine rings is 1. The Hall–Kier alpha value is -3.37. The van der Waals surface area contributed by atoms with Gasteiger partial charge in [-0.15, -0.1) is 0 Å². The van der Waals surface area contributed by atoms with Gasteiger partial charge in [0, 0.05) is 36.7 Å². The fraction of sp³-hybridized carbons (Fsp3) is 0.321. The first-order valence-electron chi connectivity index (χ1n) is 11.6. The van der Waals surface area contributed by atoms with E-state index < -0.39 is 6.10 Å². The van der Waals surface area contributed by atoms with E-state index in [4.69, 9.17) is 4.74 Å². The summed E-state index contributed by atoms with van der Waals surface area (Å²) in [6.07, 6.45) is 1.35. The molecular weight excluding hydrogens is 426 g/mol. The minimum absolute atomic E-state index is 0.00755. The van der Waals surface area contributed by atoms with E-state index in [2.05, 4.69) is 57.9 Å². The monoisotopic (exact) mass is 457 g/mol. The Kier molecular flexibility index (Phi) is 7.81. The van der Waals surface area contributed by atoms with Gasteiger partial charge in [-0.25, -0.2) is 4.99 Å². The van der Waals surface area contributed by atoms with Gasteiger partial charge >= 0.3 is 0 Å². The molecule has 0 radical (unpaired) electrons. The zero-order valence-corrected chi connectivity index (χ0v) is 19.5. The Morgan fingerprint density at radius 2 is 1.62 bits per heavy atom. The van der Waals surface area contributed by atoms with E-state index in [1.165, 1.54) is 11.9 Å². The Balaban J connectivity index is 1.39. The molecule has 0 spiro atoms.